The van der Waals surface area contributed by atoms with Crippen molar-refractivity contribution in [3.63, 3.8) is 0 Å². The second-order valence-corrected chi connectivity index (χ2v) is 12.0. The van der Waals surface area contributed by atoms with Gasteiger partial charge in [-0.05, 0) is 76.1 Å². The fourth-order valence-electron chi connectivity index (χ4n) is 6.37. The van der Waals surface area contributed by atoms with Crippen LogP contribution < -0.4 is 0 Å². The van der Waals surface area contributed by atoms with E-state index in [-0.39, 0.29) is 0 Å². The maximum atomic E-state index is 5.04. The third-order valence-electron chi connectivity index (χ3n) is 8.48. The minimum atomic E-state index is 0.713. The van der Waals surface area contributed by atoms with Crippen LogP contribution in [-0.2, 0) is 0 Å². The van der Waals surface area contributed by atoms with Crippen molar-refractivity contribution in [2.45, 2.75) is 0 Å². The molecule has 4 heteroatoms. The monoisotopic (exact) mass is 579 g/mol. The van der Waals surface area contributed by atoms with Crippen LogP contribution in [0.15, 0.2) is 151 Å². The molecule has 0 amide bonds. The first-order valence-electron chi connectivity index (χ1n) is 14.7. The number of thiophene rings is 1. The van der Waals surface area contributed by atoms with Gasteiger partial charge in [-0.3, -0.25) is 0 Å². The number of rotatable bonds is 4. The number of aromatic nitrogens is 3. The summed E-state index contributed by atoms with van der Waals surface area (Å²) in [6.45, 7) is 0. The highest BCUT2D eigenvalue weighted by Gasteiger charge is 2.17. The Morgan fingerprint density at radius 3 is 1.89 bits per heavy atom. The Hall–Kier alpha value is -5.58. The molecule has 0 N–H and O–H groups in total. The zero-order valence-corrected chi connectivity index (χ0v) is 24.5. The van der Waals surface area contributed by atoms with Crippen molar-refractivity contribution in [1.82, 2.24) is 14.5 Å². The number of nitrogens with zero attached hydrogens (tertiary/aromatic N) is 3. The van der Waals surface area contributed by atoms with Crippen molar-refractivity contribution in [1.29, 1.82) is 0 Å². The predicted molar refractivity (Wildman–Crippen MR) is 186 cm³/mol. The van der Waals surface area contributed by atoms with Gasteiger partial charge in [-0.1, -0.05) is 91.0 Å². The van der Waals surface area contributed by atoms with Crippen molar-refractivity contribution < 1.29 is 0 Å². The molecular formula is C40H25N3S. The first kappa shape index (κ1) is 25.0. The van der Waals surface area contributed by atoms with Crippen LogP contribution >= 0.6 is 11.3 Å². The zero-order chi connectivity index (χ0) is 29.0. The molecule has 0 aliphatic rings. The lowest BCUT2D eigenvalue weighted by atomic mass is 10.0. The summed E-state index contributed by atoms with van der Waals surface area (Å²) in [5, 5.41) is 8.56. The summed E-state index contributed by atoms with van der Waals surface area (Å²) in [5.41, 5.74) is 8.48. The SMILES string of the molecule is c1ccc(-c2cc(-c3ccccc3)nc(-c3ccc(-n4c5cc6sccc6cc5c5c6ccccc6ccc54)cc3)n2)cc1. The Bertz CT molecular complexity index is 2420. The molecule has 0 saturated carbocycles. The smallest absolute Gasteiger partial charge is 0.160 e. The van der Waals surface area contributed by atoms with Gasteiger partial charge in [0.1, 0.15) is 0 Å². The molecule has 0 atom stereocenters. The molecule has 0 spiro atoms. The van der Waals surface area contributed by atoms with Gasteiger partial charge in [0.05, 0.1) is 22.4 Å². The summed E-state index contributed by atoms with van der Waals surface area (Å²) in [6, 6.07) is 51.5. The average Bonchev–Trinajstić information content (AvgIpc) is 3.69. The molecule has 0 aliphatic heterocycles. The second-order valence-electron chi connectivity index (χ2n) is 11.1. The van der Waals surface area contributed by atoms with E-state index in [9.17, 15) is 0 Å². The lowest BCUT2D eigenvalue weighted by Gasteiger charge is -2.11. The third kappa shape index (κ3) is 4.03. The molecule has 0 aliphatic carbocycles. The minimum absolute atomic E-state index is 0.713. The molecule has 44 heavy (non-hydrogen) atoms. The minimum Gasteiger partial charge on any atom is -0.309 e. The van der Waals surface area contributed by atoms with E-state index >= 15 is 0 Å². The molecule has 206 valence electrons. The van der Waals surface area contributed by atoms with E-state index < -0.39 is 0 Å². The molecule has 0 radical (unpaired) electrons. The summed E-state index contributed by atoms with van der Waals surface area (Å²) >= 11 is 1.79. The Morgan fingerprint density at radius 2 is 1.16 bits per heavy atom. The quantitative estimate of drug-likeness (QED) is 0.208. The summed E-state index contributed by atoms with van der Waals surface area (Å²) in [7, 11) is 0. The van der Waals surface area contributed by atoms with Crippen LogP contribution in [0.1, 0.15) is 0 Å². The molecule has 3 heterocycles. The van der Waals surface area contributed by atoms with E-state index in [0.717, 1.165) is 33.8 Å². The fraction of sp³-hybridized carbons (Fsp3) is 0. The van der Waals surface area contributed by atoms with Crippen LogP contribution in [0.2, 0.25) is 0 Å². The molecule has 0 bridgehead atoms. The Labute approximate surface area is 258 Å². The van der Waals surface area contributed by atoms with Crippen molar-refractivity contribution in [2.75, 3.05) is 0 Å². The van der Waals surface area contributed by atoms with Crippen LogP contribution in [-0.4, -0.2) is 14.5 Å². The van der Waals surface area contributed by atoms with Gasteiger partial charge in [0.15, 0.2) is 5.82 Å². The summed E-state index contributed by atoms with van der Waals surface area (Å²) < 4.78 is 3.69. The van der Waals surface area contributed by atoms with E-state index in [1.807, 2.05) is 36.4 Å². The van der Waals surface area contributed by atoms with Crippen molar-refractivity contribution in [3.8, 4) is 39.6 Å². The van der Waals surface area contributed by atoms with E-state index in [1.54, 1.807) is 11.3 Å². The fourth-order valence-corrected chi connectivity index (χ4v) is 7.17. The first-order chi connectivity index (χ1) is 21.8. The highest BCUT2D eigenvalue weighted by atomic mass is 32.1. The highest BCUT2D eigenvalue weighted by molar-refractivity contribution is 7.17. The number of hydrogen-bond donors (Lipinski definition) is 0. The van der Waals surface area contributed by atoms with Gasteiger partial charge in [-0.15, -0.1) is 11.3 Å². The highest BCUT2D eigenvalue weighted by Crippen LogP contribution is 2.40. The molecule has 9 rings (SSSR count). The van der Waals surface area contributed by atoms with E-state index in [4.69, 9.17) is 9.97 Å². The van der Waals surface area contributed by atoms with Crippen LogP contribution in [0.3, 0.4) is 0 Å². The lowest BCUT2D eigenvalue weighted by molar-refractivity contribution is 1.16. The Balaban J connectivity index is 1.23. The van der Waals surface area contributed by atoms with Crippen LogP contribution in [0, 0.1) is 0 Å². The van der Waals surface area contributed by atoms with Gasteiger partial charge in [0.2, 0.25) is 0 Å². The predicted octanol–water partition coefficient (Wildman–Crippen LogP) is 10.9. The standard InChI is InChI=1S/C40H25N3S/c1-3-10-27(11-4-1)34-24-35(28-12-5-2-6-13-28)42-40(41-34)29-15-18-31(19-16-29)43-36-20-17-26-9-7-8-14-32(26)39(36)33-23-30-21-22-44-38(30)25-37(33)43/h1-25H. The molecular weight excluding hydrogens is 555 g/mol. The second kappa shape index (κ2) is 10.0. The topological polar surface area (TPSA) is 30.7 Å². The Kier molecular flexibility index (Phi) is 5.68. The van der Waals surface area contributed by atoms with E-state index in [2.05, 4.69) is 119 Å². The summed E-state index contributed by atoms with van der Waals surface area (Å²) in [5.74, 6) is 0.713. The van der Waals surface area contributed by atoms with Crippen LogP contribution in [0.25, 0.3) is 82.3 Å². The van der Waals surface area contributed by atoms with Gasteiger partial charge in [-0.2, -0.15) is 0 Å². The zero-order valence-electron chi connectivity index (χ0n) is 23.7. The molecule has 0 fully saturated rings. The van der Waals surface area contributed by atoms with Crippen molar-refractivity contribution in [3.05, 3.63) is 151 Å². The number of hydrogen-bond acceptors (Lipinski definition) is 3. The molecule has 3 nitrogen and oxygen atoms in total. The lowest BCUT2D eigenvalue weighted by Crippen LogP contribution is -1.97. The molecule has 0 saturated heterocycles. The largest absolute Gasteiger partial charge is 0.309 e. The van der Waals surface area contributed by atoms with E-state index in [1.165, 1.54) is 42.7 Å². The molecule has 6 aromatic carbocycles. The first-order valence-corrected chi connectivity index (χ1v) is 15.6. The van der Waals surface area contributed by atoms with Gasteiger partial charge in [-0.25, -0.2) is 9.97 Å². The molecule has 9 aromatic rings. The molecule has 0 unspecified atom stereocenters. The number of fused-ring (bicyclic) bond motifs is 6. The van der Waals surface area contributed by atoms with Crippen molar-refractivity contribution in [2.24, 2.45) is 0 Å². The van der Waals surface area contributed by atoms with Gasteiger partial charge in [0, 0.05) is 37.9 Å². The summed E-state index contributed by atoms with van der Waals surface area (Å²) in [6.07, 6.45) is 0. The van der Waals surface area contributed by atoms with Crippen LogP contribution in [0.5, 0.6) is 0 Å². The van der Waals surface area contributed by atoms with Gasteiger partial charge >= 0.3 is 0 Å². The van der Waals surface area contributed by atoms with Crippen molar-refractivity contribution >= 4 is 54.0 Å². The third-order valence-corrected chi connectivity index (χ3v) is 9.36. The number of benzene rings is 6. The normalized spacial score (nSPS) is 11.6. The maximum Gasteiger partial charge on any atom is 0.160 e. The Morgan fingerprint density at radius 1 is 0.477 bits per heavy atom. The molecule has 3 aromatic heterocycles. The summed E-state index contributed by atoms with van der Waals surface area (Å²) in [4.78, 5) is 10.1. The van der Waals surface area contributed by atoms with Crippen LogP contribution in [0.4, 0.5) is 0 Å². The van der Waals surface area contributed by atoms with E-state index in [0.29, 0.717) is 5.82 Å². The average molecular weight is 580 g/mol. The maximum absolute atomic E-state index is 5.04. The van der Waals surface area contributed by atoms with Gasteiger partial charge in [0.25, 0.3) is 0 Å². The van der Waals surface area contributed by atoms with Gasteiger partial charge < -0.3 is 4.57 Å².